The fourth-order valence-electron chi connectivity index (χ4n) is 3.54. The zero-order valence-corrected chi connectivity index (χ0v) is 16.3. The van der Waals surface area contributed by atoms with Crippen molar-refractivity contribution in [1.82, 2.24) is 4.90 Å². The summed E-state index contributed by atoms with van der Waals surface area (Å²) in [5.41, 5.74) is -2.76. The minimum Gasteiger partial charge on any atom is -0.467 e. The van der Waals surface area contributed by atoms with E-state index in [0.717, 1.165) is 18.1 Å². The van der Waals surface area contributed by atoms with Crippen molar-refractivity contribution in [1.29, 1.82) is 0 Å². The van der Waals surface area contributed by atoms with Crippen LogP contribution in [0.5, 0.6) is 0 Å². The SMILES string of the molecule is COC(=O)[C@@H]1CC(C(=O)c2ccc(Br)cc2F)CN1C(=O)C1(C(F)(F)F)CC1. The molecule has 0 spiro atoms. The molecule has 5 nitrogen and oxygen atoms in total. The summed E-state index contributed by atoms with van der Waals surface area (Å²) in [6.45, 7) is -0.398. The quantitative estimate of drug-likeness (QED) is 0.387. The van der Waals surface area contributed by atoms with E-state index in [0.29, 0.717) is 4.47 Å². The van der Waals surface area contributed by atoms with E-state index in [-0.39, 0.29) is 24.8 Å². The largest absolute Gasteiger partial charge is 0.467 e. The summed E-state index contributed by atoms with van der Waals surface area (Å²) in [7, 11) is 1.05. The molecule has 10 heteroatoms. The predicted molar refractivity (Wildman–Crippen MR) is 91.8 cm³/mol. The van der Waals surface area contributed by atoms with Gasteiger partial charge in [0.25, 0.3) is 0 Å². The Morgan fingerprint density at radius 1 is 1.25 bits per heavy atom. The van der Waals surface area contributed by atoms with E-state index >= 15 is 0 Å². The molecule has 1 saturated carbocycles. The van der Waals surface area contributed by atoms with Crippen molar-refractivity contribution < 1.29 is 36.7 Å². The van der Waals surface area contributed by atoms with Gasteiger partial charge in [-0.2, -0.15) is 13.2 Å². The summed E-state index contributed by atoms with van der Waals surface area (Å²) in [5.74, 6) is -4.62. The lowest BCUT2D eigenvalue weighted by atomic mass is 9.95. The molecule has 2 atom stereocenters. The third kappa shape index (κ3) is 3.42. The number of likely N-dealkylation sites (tertiary alicyclic amines) is 1. The number of amides is 1. The van der Waals surface area contributed by atoms with Crippen LogP contribution in [0.3, 0.4) is 0 Å². The Balaban J connectivity index is 1.88. The number of halogens is 5. The van der Waals surface area contributed by atoms with Crippen LogP contribution in [0.15, 0.2) is 22.7 Å². The molecule has 1 aliphatic carbocycles. The standard InChI is InChI=1S/C18H16BrF4NO4/c1-28-15(26)13-6-9(14(25)11-3-2-10(19)7-12(11)20)8-24(13)16(27)17(4-5-17)18(21,22)23/h2-3,7,9,13H,4-6,8H2,1H3/t9?,13-/m0/s1. The number of hydrogen-bond acceptors (Lipinski definition) is 4. The van der Waals surface area contributed by atoms with Crippen molar-refractivity contribution in [3.8, 4) is 0 Å². The first-order valence-corrected chi connectivity index (χ1v) is 9.26. The highest BCUT2D eigenvalue weighted by Gasteiger charge is 2.70. The van der Waals surface area contributed by atoms with Crippen LogP contribution in [-0.4, -0.2) is 48.4 Å². The van der Waals surface area contributed by atoms with Crippen LogP contribution in [0, 0.1) is 17.2 Å². The molecule has 1 saturated heterocycles. The van der Waals surface area contributed by atoms with E-state index in [4.69, 9.17) is 0 Å². The van der Waals surface area contributed by atoms with E-state index in [1.807, 2.05) is 0 Å². The lowest BCUT2D eigenvalue weighted by Gasteiger charge is -2.28. The van der Waals surface area contributed by atoms with Crippen molar-refractivity contribution in [3.05, 3.63) is 34.1 Å². The minimum atomic E-state index is -4.75. The molecule has 0 aromatic heterocycles. The summed E-state index contributed by atoms with van der Waals surface area (Å²) in [4.78, 5) is 38.2. The summed E-state index contributed by atoms with van der Waals surface area (Å²) in [6.07, 6.45) is -5.69. The maximum absolute atomic E-state index is 14.1. The smallest absolute Gasteiger partial charge is 0.403 e. The van der Waals surface area contributed by atoms with Gasteiger partial charge in [-0.15, -0.1) is 0 Å². The van der Waals surface area contributed by atoms with Crippen LogP contribution in [0.4, 0.5) is 17.6 Å². The summed E-state index contributed by atoms with van der Waals surface area (Å²) >= 11 is 3.07. The van der Waals surface area contributed by atoms with Gasteiger partial charge in [-0.05, 0) is 37.5 Å². The molecule has 2 aliphatic rings. The average molecular weight is 466 g/mol. The molecular formula is C18H16BrF4NO4. The second kappa shape index (κ2) is 7.13. The van der Waals surface area contributed by atoms with Gasteiger partial charge in [0.1, 0.15) is 17.3 Å². The predicted octanol–water partition coefficient (Wildman–Crippen LogP) is 3.50. The molecule has 0 N–H and O–H groups in total. The molecular weight excluding hydrogens is 450 g/mol. The number of benzene rings is 1. The van der Waals surface area contributed by atoms with Crippen LogP contribution < -0.4 is 0 Å². The highest BCUT2D eigenvalue weighted by atomic mass is 79.9. The van der Waals surface area contributed by atoms with E-state index in [9.17, 15) is 31.9 Å². The molecule has 1 aromatic carbocycles. The van der Waals surface area contributed by atoms with Gasteiger partial charge in [0, 0.05) is 16.9 Å². The second-order valence-corrected chi connectivity index (χ2v) is 7.91. The van der Waals surface area contributed by atoms with Gasteiger partial charge in [-0.25, -0.2) is 9.18 Å². The maximum atomic E-state index is 14.1. The molecule has 28 heavy (non-hydrogen) atoms. The van der Waals surface area contributed by atoms with Crippen LogP contribution in [0.25, 0.3) is 0 Å². The number of nitrogens with zero attached hydrogens (tertiary/aromatic N) is 1. The zero-order chi connectivity index (χ0) is 20.9. The Kier molecular flexibility index (Phi) is 5.28. The maximum Gasteiger partial charge on any atom is 0.403 e. The van der Waals surface area contributed by atoms with Gasteiger partial charge in [-0.3, -0.25) is 9.59 Å². The molecule has 0 radical (unpaired) electrons. The molecule has 152 valence electrons. The molecule has 3 rings (SSSR count). The summed E-state index contributed by atoms with van der Waals surface area (Å²) in [6, 6.07) is 2.47. The number of esters is 1. The number of alkyl halides is 3. The van der Waals surface area contributed by atoms with Gasteiger partial charge >= 0.3 is 12.1 Å². The van der Waals surface area contributed by atoms with Crippen molar-refractivity contribution >= 4 is 33.6 Å². The monoisotopic (exact) mass is 465 g/mol. The molecule has 1 unspecified atom stereocenters. The highest BCUT2D eigenvalue weighted by Crippen LogP contribution is 2.59. The molecule has 2 fully saturated rings. The molecule has 1 amide bonds. The van der Waals surface area contributed by atoms with E-state index in [1.165, 1.54) is 12.1 Å². The van der Waals surface area contributed by atoms with Gasteiger partial charge in [0.2, 0.25) is 5.91 Å². The highest BCUT2D eigenvalue weighted by molar-refractivity contribution is 9.10. The van der Waals surface area contributed by atoms with E-state index in [2.05, 4.69) is 20.7 Å². The third-order valence-corrected chi connectivity index (χ3v) is 5.80. The Labute approximate surface area is 166 Å². The number of carbonyl (C=O) groups excluding carboxylic acids is 3. The van der Waals surface area contributed by atoms with Gasteiger partial charge in [-0.1, -0.05) is 15.9 Å². The first-order chi connectivity index (χ1) is 13.0. The molecule has 1 heterocycles. The minimum absolute atomic E-state index is 0.222. The first-order valence-electron chi connectivity index (χ1n) is 8.46. The summed E-state index contributed by atoms with van der Waals surface area (Å²) in [5, 5.41) is 0. The molecule has 0 bridgehead atoms. The number of ketones is 1. The number of rotatable bonds is 4. The Hall–Kier alpha value is -1.97. The fraction of sp³-hybridized carbons (Fsp3) is 0.500. The van der Waals surface area contributed by atoms with Crippen LogP contribution in [-0.2, 0) is 14.3 Å². The molecule has 1 aliphatic heterocycles. The van der Waals surface area contributed by atoms with Crippen LogP contribution in [0.2, 0.25) is 0 Å². The third-order valence-electron chi connectivity index (χ3n) is 5.30. The Bertz CT molecular complexity index is 837. The molecule has 1 aromatic rings. The van der Waals surface area contributed by atoms with Gasteiger partial charge < -0.3 is 9.64 Å². The van der Waals surface area contributed by atoms with Crippen molar-refractivity contribution in [2.45, 2.75) is 31.5 Å². The normalized spacial score (nSPS) is 23.4. The topological polar surface area (TPSA) is 63.7 Å². The van der Waals surface area contributed by atoms with Gasteiger partial charge in [0.15, 0.2) is 5.78 Å². The first kappa shape index (κ1) is 20.8. The van der Waals surface area contributed by atoms with E-state index in [1.54, 1.807) is 0 Å². The van der Waals surface area contributed by atoms with Gasteiger partial charge in [0.05, 0.1) is 12.7 Å². The van der Waals surface area contributed by atoms with E-state index < -0.39 is 53.6 Å². The zero-order valence-electron chi connectivity index (χ0n) is 14.7. The number of Topliss-reactive ketones (excluding diaryl/α,β-unsaturated/α-hetero) is 1. The van der Waals surface area contributed by atoms with Crippen molar-refractivity contribution in [2.75, 3.05) is 13.7 Å². The number of carbonyl (C=O) groups is 3. The number of methoxy groups -OCH3 is 1. The van der Waals surface area contributed by atoms with Crippen molar-refractivity contribution in [3.63, 3.8) is 0 Å². The van der Waals surface area contributed by atoms with Crippen LogP contribution in [0.1, 0.15) is 29.6 Å². The fourth-order valence-corrected chi connectivity index (χ4v) is 3.87. The lowest BCUT2D eigenvalue weighted by molar-refractivity contribution is -0.200. The van der Waals surface area contributed by atoms with Crippen LogP contribution >= 0.6 is 15.9 Å². The number of ether oxygens (including phenoxy) is 1. The Morgan fingerprint density at radius 2 is 1.89 bits per heavy atom. The Morgan fingerprint density at radius 3 is 2.39 bits per heavy atom. The second-order valence-electron chi connectivity index (χ2n) is 7.00. The number of hydrogen-bond donors (Lipinski definition) is 0. The van der Waals surface area contributed by atoms with Crippen molar-refractivity contribution in [2.24, 2.45) is 11.3 Å². The lowest BCUT2D eigenvalue weighted by Crippen LogP contribution is -2.49. The average Bonchev–Trinajstić information content (AvgIpc) is 3.33. The summed E-state index contributed by atoms with van der Waals surface area (Å²) < 4.78 is 59.1.